The molecule has 1 N–H and O–H groups in total. The van der Waals surface area contributed by atoms with Crippen molar-refractivity contribution in [3.63, 3.8) is 0 Å². The quantitative estimate of drug-likeness (QED) is 0.308. The van der Waals surface area contributed by atoms with Gasteiger partial charge < -0.3 is 5.32 Å². The summed E-state index contributed by atoms with van der Waals surface area (Å²) < 4.78 is 1.79. The number of carbonyl (C=O) groups excluding carboxylic acids is 1. The standard InChI is InChI=1S/C26H20ClN5O/c1-18-23(27)10-5-11-24(18)30-26(33)21(14-28)13-22-17-32(16-19-7-3-2-4-8-19)31-25(22)20-9-6-12-29-15-20/h2-13,15,17H,16H2,1H3,(H,30,33)/b21-13+. The number of nitrogens with zero attached hydrogens (tertiary/aromatic N) is 4. The number of anilines is 1. The summed E-state index contributed by atoms with van der Waals surface area (Å²) in [7, 11) is 0. The van der Waals surface area contributed by atoms with Gasteiger partial charge >= 0.3 is 0 Å². The Morgan fingerprint density at radius 2 is 1.97 bits per heavy atom. The Morgan fingerprint density at radius 3 is 2.70 bits per heavy atom. The van der Waals surface area contributed by atoms with Gasteiger partial charge in [0, 0.05) is 40.4 Å². The summed E-state index contributed by atoms with van der Waals surface area (Å²) in [6, 6.07) is 20.9. The fraction of sp³-hybridized carbons (Fsp3) is 0.0769. The zero-order valence-electron chi connectivity index (χ0n) is 17.9. The predicted molar refractivity (Wildman–Crippen MR) is 129 cm³/mol. The fourth-order valence-corrected chi connectivity index (χ4v) is 3.53. The molecule has 0 spiro atoms. The summed E-state index contributed by atoms with van der Waals surface area (Å²) >= 11 is 6.15. The van der Waals surface area contributed by atoms with E-state index in [9.17, 15) is 10.1 Å². The van der Waals surface area contributed by atoms with E-state index in [1.807, 2.05) is 61.7 Å². The lowest BCUT2D eigenvalue weighted by Gasteiger charge is -2.08. The molecular formula is C26H20ClN5O. The predicted octanol–water partition coefficient (Wildman–Crippen LogP) is 5.50. The van der Waals surface area contributed by atoms with Crippen LogP contribution < -0.4 is 5.32 Å². The van der Waals surface area contributed by atoms with E-state index in [0.717, 1.165) is 16.7 Å². The monoisotopic (exact) mass is 453 g/mol. The topological polar surface area (TPSA) is 83.6 Å². The summed E-state index contributed by atoms with van der Waals surface area (Å²) in [5, 5.41) is 17.7. The van der Waals surface area contributed by atoms with E-state index < -0.39 is 5.91 Å². The largest absolute Gasteiger partial charge is 0.321 e. The molecule has 2 aromatic carbocycles. The number of halogens is 1. The summed E-state index contributed by atoms with van der Waals surface area (Å²) in [6.07, 6.45) is 6.76. The van der Waals surface area contributed by atoms with Gasteiger partial charge in [0.2, 0.25) is 0 Å². The summed E-state index contributed by atoms with van der Waals surface area (Å²) in [5.74, 6) is -0.518. The lowest BCUT2D eigenvalue weighted by Crippen LogP contribution is -2.14. The van der Waals surface area contributed by atoms with Crippen molar-refractivity contribution in [2.75, 3.05) is 5.32 Å². The van der Waals surface area contributed by atoms with Gasteiger partial charge in [-0.15, -0.1) is 0 Å². The third-order valence-corrected chi connectivity index (χ3v) is 5.50. The van der Waals surface area contributed by atoms with Crippen molar-refractivity contribution in [2.24, 2.45) is 0 Å². The Hall–Kier alpha value is -4.21. The zero-order chi connectivity index (χ0) is 23.2. The Morgan fingerprint density at radius 1 is 1.15 bits per heavy atom. The molecule has 4 rings (SSSR count). The van der Waals surface area contributed by atoms with E-state index in [0.29, 0.717) is 28.5 Å². The molecule has 0 saturated heterocycles. The number of rotatable bonds is 6. The van der Waals surface area contributed by atoms with Gasteiger partial charge in [0.1, 0.15) is 17.3 Å². The molecule has 0 fully saturated rings. The zero-order valence-corrected chi connectivity index (χ0v) is 18.6. The molecule has 0 atom stereocenters. The van der Waals surface area contributed by atoms with E-state index in [2.05, 4.69) is 10.3 Å². The van der Waals surface area contributed by atoms with E-state index >= 15 is 0 Å². The molecule has 6 nitrogen and oxygen atoms in total. The summed E-state index contributed by atoms with van der Waals surface area (Å²) in [5.41, 5.74) is 4.41. The van der Waals surface area contributed by atoms with Crippen molar-refractivity contribution >= 4 is 29.3 Å². The average Bonchev–Trinajstić information content (AvgIpc) is 3.23. The second kappa shape index (κ2) is 9.94. The minimum absolute atomic E-state index is 0.0428. The number of pyridine rings is 1. The molecule has 0 radical (unpaired) electrons. The third kappa shape index (κ3) is 5.17. The number of benzene rings is 2. The number of carbonyl (C=O) groups is 1. The van der Waals surface area contributed by atoms with Crippen molar-refractivity contribution in [3.8, 4) is 17.3 Å². The smallest absolute Gasteiger partial charge is 0.266 e. The van der Waals surface area contributed by atoms with Gasteiger partial charge in [-0.1, -0.05) is 48.0 Å². The first kappa shape index (κ1) is 22.0. The maximum atomic E-state index is 12.9. The summed E-state index contributed by atoms with van der Waals surface area (Å²) in [6.45, 7) is 2.36. The molecule has 0 aliphatic heterocycles. The summed E-state index contributed by atoms with van der Waals surface area (Å²) in [4.78, 5) is 17.0. The van der Waals surface area contributed by atoms with E-state index in [4.69, 9.17) is 16.7 Å². The number of nitrogens with one attached hydrogen (secondary N) is 1. The Bertz CT molecular complexity index is 1350. The normalized spacial score (nSPS) is 11.1. The highest BCUT2D eigenvalue weighted by atomic mass is 35.5. The number of nitriles is 1. The molecule has 1 amide bonds. The van der Waals surface area contributed by atoms with Crippen molar-refractivity contribution in [1.29, 1.82) is 5.26 Å². The highest BCUT2D eigenvalue weighted by molar-refractivity contribution is 6.31. The van der Waals surface area contributed by atoms with Crippen LogP contribution in [0.15, 0.2) is 84.8 Å². The van der Waals surface area contributed by atoms with Crippen molar-refractivity contribution in [2.45, 2.75) is 13.5 Å². The Balaban J connectivity index is 1.70. The molecule has 0 bridgehead atoms. The van der Waals surface area contributed by atoms with Gasteiger partial charge in [-0.05, 0) is 48.4 Å². The van der Waals surface area contributed by atoms with Gasteiger partial charge in [0.05, 0.1) is 6.54 Å². The molecular weight excluding hydrogens is 434 g/mol. The van der Waals surface area contributed by atoms with Crippen LogP contribution in [-0.4, -0.2) is 20.7 Å². The van der Waals surface area contributed by atoms with Crippen LogP contribution in [0.4, 0.5) is 5.69 Å². The minimum atomic E-state index is -0.518. The highest BCUT2D eigenvalue weighted by Crippen LogP contribution is 2.26. The molecule has 33 heavy (non-hydrogen) atoms. The molecule has 2 aromatic heterocycles. The van der Waals surface area contributed by atoms with Crippen LogP contribution in [-0.2, 0) is 11.3 Å². The van der Waals surface area contributed by atoms with Crippen LogP contribution in [0.3, 0.4) is 0 Å². The number of amides is 1. The van der Waals surface area contributed by atoms with Gasteiger partial charge in [0.15, 0.2) is 0 Å². The van der Waals surface area contributed by atoms with Crippen LogP contribution >= 0.6 is 11.6 Å². The number of aromatic nitrogens is 3. The van der Waals surface area contributed by atoms with Crippen molar-refractivity contribution in [1.82, 2.24) is 14.8 Å². The van der Waals surface area contributed by atoms with Crippen molar-refractivity contribution < 1.29 is 4.79 Å². The minimum Gasteiger partial charge on any atom is -0.321 e. The van der Waals surface area contributed by atoms with Gasteiger partial charge in [-0.3, -0.25) is 14.5 Å². The lowest BCUT2D eigenvalue weighted by atomic mass is 10.1. The first-order chi connectivity index (χ1) is 16.0. The molecule has 7 heteroatoms. The highest BCUT2D eigenvalue weighted by Gasteiger charge is 2.16. The van der Waals surface area contributed by atoms with Gasteiger partial charge in [0.25, 0.3) is 5.91 Å². The fourth-order valence-electron chi connectivity index (χ4n) is 3.36. The van der Waals surface area contributed by atoms with Crippen molar-refractivity contribution in [3.05, 3.63) is 107 Å². The number of hydrogen-bond acceptors (Lipinski definition) is 4. The molecule has 4 aromatic rings. The van der Waals surface area contributed by atoms with E-state index in [-0.39, 0.29) is 5.57 Å². The molecule has 0 aliphatic rings. The Labute approximate surface area is 196 Å². The first-order valence-electron chi connectivity index (χ1n) is 10.2. The lowest BCUT2D eigenvalue weighted by molar-refractivity contribution is -0.112. The van der Waals surface area contributed by atoms with Crippen LogP contribution in [0.25, 0.3) is 17.3 Å². The third-order valence-electron chi connectivity index (χ3n) is 5.09. The second-order valence-electron chi connectivity index (χ2n) is 7.39. The number of hydrogen-bond donors (Lipinski definition) is 1. The molecule has 0 unspecified atom stereocenters. The van der Waals surface area contributed by atoms with E-state index in [1.165, 1.54) is 0 Å². The molecule has 162 valence electrons. The van der Waals surface area contributed by atoms with Gasteiger partial charge in [-0.25, -0.2) is 0 Å². The first-order valence-corrected chi connectivity index (χ1v) is 10.6. The van der Waals surface area contributed by atoms with Crippen LogP contribution in [0.1, 0.15) is 16.7 Å². The Kier molecular flexibility index (Phi) is 6.63. The second-order valence-corrected chi connectivity index (χ2v) is 7.80. The van der Waals surface area contributed by atoms with Crippen LogP contribution in [0, 0.1) is 18.3 Å². The maximum absolute atomic E-state index is 12.9. The van der Waals surface area contributed by atoms with Crippen LogP contribution in [0.2, 0.25) is 5.02 Å². The molecule has 0 aliphatic carbocycles. The maximum Gasteiger partial charge on any atom is 0.266 e. The SMILES string of the molecule is Cc1c(Cl)cccc1NC(=O)/C(C#N)=C/c1cn(Cc2ccccc2)nc1-c1cccnc1. The van der Waals surface area contributed by atoms with Gasteiger partial charge in [-0.2, -0.15) is 10.4 Å². The van der Waals surface area contributed by atoms with E-state index in [1.54, 1.807) is 41.4 Å². The molecule has 0 saturated carbocycles. The molecule has 2 heterocycles. The van der Waals surface area contributed by atoms with Crippen LogP contribution in [0.5, 0.6) is 0 Å². The average molecular weight is 454 g/mol.